The van der Waals surface area contributed by atoms with Crippen molar-refractivity contribution in [1.29, 1.82) is 0 Å². The summed E-state index contributed by atoms with van der Waals surface area (Å²) in [6.07, 6.45) is 3.99. The summed E-state index contributed by atoms with van der Waals surface area (Å²) in [5.74, 6) is -0.239. The molecule has 1 spiro atoms. The normalized spacial score (nSPS) is 32.5. The summed E-state index contributed by atoms with van der Waals surface area (Å²) in [5.41, 5.74) is 0.262. The van der Waals surface area contributed by atoms with Gasteiger partial charge in [0.05, 0.1) is 6.42 Å². The fourth-order valence-electron chi connectivity index (χ4n) is 2.16. The van der Waals surface area contributed by atoms with Crippen LogP contribution >= 0.6 is 0 Å². The Bertz CT molecular complexity index is 181. The van der Waals surface area contributed by atoms with Crippen LogP contribution in [0.15, 0.2) is 0 Å². The van der Waals surface area contributed by atoms with Gasteiger partial charge in [-0.25, -0.2) is 0 Å². The third-order valence-corrected chi connectivity index (χ3v) is 3.15. The summed E-state index contributed by atoms with van der Waals surface area (Å²) in [6.45, 7) is 0.909. The predicted molar refractivity (Wildman–Crippen MR) is 40.3 cm³/mol. The van der Waals surface area contributed by atoms with Gasteiger partial charge in [0.15, 0.2) is 0 Å². The van der Waals surface area contributed by atoms with E-state index in [0.717, 1.165) is 6.54 Å². The molecule has 0 bridgehead atoms. The van der Waals surface area contributed by atoms with Crippen molar-refractivity contribution >= 4 is 5.97 Å². The highest BCUT2D eigenvalue weighted by Gasteiger charge is 2.50. The summed E-state index contributed by atoms with van der Waals surface area (Å²) >= 11 is 0. The van der Waals surface area contributed by atoms with Crippen molar-refractivity contribution in [2.45, 2.75) is 31.2 Å². The molecule has 0 aromatic heterocycles. The van der Waals surface area contributed by atoms with E-state index in [1.54, 1.807) is 0 Å². The number of nitrogens with one attached hydrogen (secondary N) is 1. The molecular formula is C8H13NO2. The Morgan fingerprint density at radius 1 is 1.64 bits per heavy atom. The van der Waals surface area contributed by atoms with E-state index in [1.807, 2.05) is 0 Å². The molecule has 1 saturated heterocycles. The second kappa shape index (κ2) is 2.21. The molecule has 1 unspecified atom stereocenters. The topological polar surface area (TPSA) is 49.3 Å². The molecule has 3 nitrogen and oxygen atoms in total. The molecule has 2 rings (SSSR count). The minimum Gasteiger partial charge on any atom is -0.481 e. The third kappa shape index (κ3) is 0.948. The van der Waals surface area contributed by atoms with Gasteiger partial charge in [0.25, 0.3) is 0 Å². The largest absolute Gasteiger partial charge is 0.481 e. The van der Waals surface area contributed by atoms with Crippen molar-refractivity contribution in [2.75, 3.05) is 6.54 Å². The Balaban J connectivity index is 1.90. The van der Waals surface area contributed by atoms with Crippen LogP contribution in [0.25, 0.3) is 0 Å². The van der Waals surface area contributed by atoms with Gasteiger partial charge in [-0.05, 0) is 25.2 Å². The molecule has 0 amide bonds. The molecule has 62 valence electrons. The Hall–Kier alpha value is -0.570. The van der Waals surface area contributed by atoms with Gasteiger partial charge < -0.3 is 10.4 Å². The molecule has 2 aliphatic rings. The van der Waals surface area contributed by atoms with E-state index >= 15 is 0 Å². The van der Waals surface area contributed by atoms with Gasteiger partial charge in [-0.3, -0.25) is 4.79 Å². The van der Waals surface area contributed by atoms with Gasteiger partial charge in [0.2, 0.25) is 0 Å². The molecule has 1 aliphatic heterocycles. The standard InChI is InChI=1S/C8H13NO2/c10-7(11)4-6-5-9-8(6)2-1-3-8/h6,9H,1-5H2,(H,10,11). The van der Waals surface area contributed by atoms with Crippen molar-refractivity contribution in [3.63, 3.8) is 0 Å². The van der Waals surface area contributed by atoms with Crippen molar-refractivity contribution < 1.29 is 9.90 Å². The van der Waals surface area contributed by atoms with E-state index in [9.17, 15) is 4.79 Å². The van der Waals surface area contributed by atoms with Crippen LogP contribution in [0.1, 0.15) is 25.7 Å². The average molecular weight is 155 g/mol. The van der Waals surface area contributed by atoms with Crippen LogP contribution in [-0.4, -0.2) is 23.2 Å². The van der Waals surface area contributed by atoms with Gasteiger partial charge in [-0.15, -0.1) is 0 Å². The lowest BCUT2D eigenvalue weighted by Gasteiger charge is -2.56. The zero-order valence-electron chi connectivity index (χ0n) is 6.47. The molecule has 0 aromatic rings. The monoisotopic (exact) mass is 155 g/mol. The second-order valence-electron chi connectivity index (χ2n) is 3.69. The molecule has 0 radical (unpaired) electrons. The van der Waals surface area contributed by atoms with Crippen molar-refractivity contribution in [1.82, 2.24) is 5.32 Å². The van der Waals surface area contributed by atoms with Crippen LogP contribution < -0.4 is 5.32 Å². The first kappa shape index (κ1) is 7.10. The molecule has 1 saturated carbocycles. The molecule has 11 heavy (non-hydrogen) atoms. The number of hydrogen-bond acceptors (Lipinski definition) is 2. The number of aliphatic carboxylic acids is 1. The molecule has 1 heterocycles. The molecule has 1 atom stereocenters. The third-order valence-electron chi connectivity index (χ3n) is 3.15. The first-order chi connectivity index (χ1) is 5.23. The quantitative estimate of drug-likeness (QED) is 0.614. The smallest absolute Gasteiger partial charge is 0.303 e. The maximum Gasteiger partial charge on any atom is 0.303 e. The fraction of sp³-hybridized carbons (Fsp3) is 0.875. The maximum atomic E-state index is 10.4. The van der Waals surface area contributed by atoms with Crippen LogP contribution in [0.3, 0.4) is 0 Å². The van der Waals surface area contributed by atoms with Crippen LogP contribution in [0.2, 0.25) is 0 Å². The Morgan fingerprint density at radius 2 is 2.36 bits per heavy atom. The number of carboxylic acids is 1. The van der Waals surface area contributed by atoms with Crippen LogP contribution in [0.4, 0.5) is 0 Å². The fourth-order valence-corrected chi connectivity index (χ4v) is 2.16. The minimum absolute atomic E-state index is 0.262. The van der Waals surface area contributed by atoms with E-state index in [0.29, 0.717) is 12.3 Å². The Kier molecular flexibility index (Phi) is 1.42. The van der Waals surface area contributed by atoms with Crippen LogP contribution in [0.5, 0.6) is 0 Å². The molecule has 1 aliphatic carbocycles. The van der Waals surface area contributed by atoms with Gasteiger partial charge in [-0.2, -0.15) is 0 Å². The molecule has 2 fully saturated rings. The lowest BCUT2D eigenvalue weighted by molar-refractivity contribution is -0.141. The van der Waals surface area contributed by atoms with E-state index in [1.165, 1.54) is 19.3 Å². The minimum atomic E-state index is -0.650. The summed E-state index contributed by atoms with van der Waals surface area (Å²) in [7, 11) is 0. The van der Waals surface area contributed by atoms with E-state index in [-0.39, 0.29) is 5.54 Å². The number of carbonyl (C=O) groups is 1. The van der Waals surface area contributed by atoms with Gasteiger partial charge >= 0.3 is 5.97 Å². The molecule has 0 aromatic carbocycles. The predicted octanol–water partition coefficient (Wildman–Crippen LogP) is 0.603. The van der Waals surface area contributed by atoms with Crippen LogP contribution in [0, 0.1) is 5.92 Å². The van der Waals surface area contributed by atoms with Gasteiger partial charge in [0, 0.05) is 12.1 Å². The molecule has 2 N–H and O–H groups in total. The van der Waals surface area contributed by atoms with E-state index in [2.05, 4.69) is 5.32 Å². The maximum absolute atomic E-state index is 10.4. The Labute approximate surface area is 65.8 Å². The van der Waals surface area contributed by atoms with E-state index < -0.39 is 5.97 Å². The first-order valence-electron chi connectivity index (χ1n) is 4.20. The zero-order chi connectivity index (χ0) is 7.90. The Morgan fingerprint density at radius 3 is 2.64 bits per heavy atom. The lowest BCUT2D eigenvalue weighted by Crippen LogP contribution is -2.69. The van der Waals surface area contributed by atoms with Crippen molar-refractivity contribution in [2.24, 2.45) is 5.92 Å². The molecule has 3 heteroatoms. The lowest BCUT2D eigenvalue weighted by atomic mass is 9.62. The van der Waals surface area contributed by atoms with Crippen molar-refractivity contribution in [3.8, 4) is 0 Å². The SMILES string of the molecule is O=C(O)CC1CNC12CCC2. The van der Waals surface area contributed by atoms with E-state index in [4.69, 9.17) is 5.11 Å². The number of rotatable bonds is 2. The highest BCUT2D eigenvalue weighted by atomic mass is 16.4. The summed E-state index contributed by atoms with van der Waals surface area (Å²) < 4.78 is 0. The van der Waals surface area contributed by atoms with Crippen molar-refractivity contribution in [3.05, 3.63) is 0 Å². The highest BCUT2D eigenvalue weighted by Crippen LogP contribution is 2.45. The number of carboxylic acid groups (broad SMARTS) is 1. The van der Waals surface area contributed by atoms with Crippen LogP contribution in [-0.2, 0) is 4.79 Å². The summed E-state index contributed by atoms with van der Waals surface area (Å²) in [5, 5.41) is 11.9. The summed E-state index contributed by atoms with van der Waals surface area (Å²) in [4.78, 5) is 10.4. The van der Waals surface area contributed by atoms with Gasteiger partial charge in [0.1, 0.15) is 0 Å². The second-order valence-corrected chi connectivity index (χ2v) is 3.69. The first-order valence-corrected chi connectivity index (χ1v) is 4.20. The highest BCUT2D eigenvalue weighted by molar-refractivity contribution is 5.67. The molecular weight excluding hydrogens is 142 g/mol. The summed E-state index contributed by atoms with van der Waals surface area (Å²) in [6, 6.07) is 0. The average Bonchev–Trinajstić information content (AvgIpc) is 1.76. The number of hydrogen-bond donors (Lipinski definition) is 2. The van der Waals surface area contributed by atoms with Gasteiger partial charge in [-0.1, -0.05) is 0 Å². The zero-order valence-corrected chi connectivity index (χ0v) is 6.47.